The Kier molecular flexibility index (Phi) is 4.53. The van der Waals surface area contributed by atoms with Gasteiger partial charge in [0, 0.05) is 19.0 Å². The highest BCUT2D eigenvalue weighted by Crippen LogP contribution is 2.29. The quantitative estimate of drug-likeness (QED) is 0.623. The summed E-state index contributed by atoms with van der Waals surface area (Å²) in [7, 11) is 0. The first-order chi connectivity index (χ1) is 13.0. The van der Waals surface area contributed by atoms with Crippen LogP contribution in [0.25, 0.3) is 0 Å². The number of benzene rings is 1. The van der Waals surface area contributed by atoms with Crippen LogP contribution in [0.1, 0.15) is 52.0 Å². The van der Waals surface area contributed by atoms with Gasteiger partial charge in [-0.2, -0.15) is 0 Å². The smallest absolute Gasteiger partial charge is 0.262 e. The van der Waals surface area contributed by atoms with E-state index < -0.39 is 23.8 Å². The average molecular weight is 370 g/mol. The highest BCUT2D eigenvalue weighted by Gasteiger charge is 2.44. The molecule has 0 spiro atoms. The molecule has 4 rings (SSSR count). The highest BCUT2D eigenvalue weighted by molar-refractivity contribution is 6.23. The third kappa shape index (κ3) is 3.04. The minimum atomic E-state index is -0.933. The summed E-state index contributed by atoms with van der Waals surface area (Å²) in [5, 5.41) is 5.65. The van der Waals surface area contributed by atoms with Crippen molar-refractivity contribution in [3.8, 4) is 0 Å². The second-order valence-corrected chi connectivity index (χ2v) is 7.39. The Morgan fingerprint density at radius 1 is 1.07 bits per heavy atom. The van der Waals surface area contributed by atoms with E-state index in [2.05, 4.69) is 10.6 Å². The Morgan fingerprint density at radius 2 is 1.85 bits per heavy atom. The minimum absolute atomic E-state index is 0.114. The zero-order valence-corrected chi connectivity index (χ0v) is 14.9. The van der Waals surface area contributed by atoms with E-state index >= 15 is 0 Å². The van der Waals surface area contributed by atoms with Crippen LogP contribution in [0, 0.1) is 5.92 Å². The lowest BCUT2D eigenvalue weighted by atomic mass is 9.79. The second kappa shape index (κ2) is 6.86. The minimum Gasteiger partial charge on any atom is -0.330 e. The van der Waals surface area contributed by atoms with Crippen LogP contribution in [0.3, 0.4) is 0 Å². The number of hydrogen-bond donors (Lipinski definition) is 3. The summed E-state index contributed by atoms with van der Waals surface area (Å²) in [6.45, 7) is 1.25. The van der Waals surface area contributed by atoms with Crippen LogP contribution in [0.5, 0.6) is 0 Å². The van der Waals surface area contributed by atoms with E-state index in [4.69, 9.17) is 5.73 Å². The molecular weight excluding hydrogens is 348 g/mol. The maximum Gasteiger partial charge on any atom is 0.262 e. The molecule has 27 heavy (non-hydrogen) atoms. The van der Waals surface area contributed by atoms with E-state index in [1.165, 1.54) is 0 Å². The number of nitrogens with two attached hydrogens (primary N) is 1. The first kappa shape index (κ1) is 17.8. The summed E-state index contributed by atoms with van der Waals surface area (Å²) in [5.41, 5.74) is 7.25. The Labute approximate surface area is 156 Å². The first-order valence-electron chi connectivity index (χ1n) is 9.27. The lowest BCUT2D eigenvalue weighted by molar-refractivity contribution is -0.136. The van der Waals surface area contributed by atoms with Crippen molar-refractivity contribution < 1.29 is 19.2 Å². The molecular formula is C19H22N4O4. The lowest BCUT2D eigenvalue weighted by Crippen LogP contribution is -2.54. The molecule has 8 heteroatoms. The number of piperidine rings is 1. The summed E-state index contributed by atoms with van der Waals surface area (Å²) in [4.78, 5) is 49.8. The van der Waals surface area contributed by atoms with Crippen molar-refractivity contribution in [2.45, 2.75) is 44.3 Å². The molecule has 3 atom stereocenters. The lowest BCUT2D eigenvalue weighted by Gasteiger charge is -2.36. The van der Waals surface area contributed by atoms with Crippen LogP contribution in [-0.2, 0) is 16.1 Å². The van der Waals surface area contributed by atoms with Gasteiger partial charge in [0.1, 0.15) is 6.04 Å². The topological polar surface area (TPSA) is 122 Å². The molecule has 1 saturated carbocycles. The molecule has 8 nitrogen and oxygen atoms in total. The number of hydrogen-bond acceptors (Lipinski definition) is 6. The van der Waals surface area contributed by atoms with Crippen molar-refractivity contribution in [3.05, 3.63) is 34.9 Å². The number of rotatable bonds is 5. The fourth-order valence-corrected chi connectivity index (χ4v) is 4.00. The zero-order chi connectivity index (χ0) is 19.1. The van der Waals surface area contributed by atoms with Crippen LogP contribution in [-0.4, -0.2) is 47.2 Å². The van der Waals surface area contributed by atoms with Crippen molar-refractivity contribution in [1.29, 1.82) is 0 Å². The van der Waals surface area contributed by atoms with Crippen LogP contribution in [0.15, 0.2) is 18.2 Å². The van der Waals surface area contributed by atoms with Gasteiger partial charge in [-0.15, -0.1) is 0 Å². The van der Waals surface area contributed by atoms with Crippen molar-refractivity contribution in [1.82, 2.24) is 15.5 Å². The molecule has 0 bridgehead atoms. The molecule has 1 unspecified atom stereocenters. The largest absolute Gasteiger partial charge is 0.330 e. The molecule has 0 aromatic heterocycles. The fraction of sp³-hybridized carbons (Fsp3) is 0.474. The van der Waals surface area contributed by atoms with E-state index in [-0.39, 0.29) is 18.7 Å². The number of amides is 4. The van der Waals surface area contributed by atoms with Gasteiger partial charge in [-0.1, -0.05) is 6.07 Å². The number of nitrogens with zero attached hydrogens (tertiary/aromatic N) is 1. The molecule has 4 amide bonds. The van der Waals surface area contributed by atoms with Gasteiger partial charge >= 0.3 is 0 Å². The Morgan fingerprint density at radius 3 is 2.52 bits per heavy atom. The summed E-state index contributed by atoms with van der Waals surface area (Å²) < 4.78 is 0. The summed E-state index contributed by atoms with van der Waals surface area (Å²) in [6.07, 6.45) is 2.50. The van der Waals surface area contributed by atoms with Gasteiger partial charge in [-0.25, -0.2) is 0 Å². The van der Waals surface area contributed by atoms with Crippen LogP contribution in [0.4, 0.5) is 0 Å². The molecule has 142 valence electrons. The molecule has 2 aliphatic heterocycles. The van der Waals surface area contributed by atoms with Gasteiger partial charge in [-0.05, 0) is 49.4 Å². The van der Waals surface area contributed by atoms with E-state index in [9.17, 15) is 19.2 Å². The van der Waals surface area contributed by atoms with E-state index in [1.54, 1.807) is 12.1 Å². The van der Waals surface area contributed by atoms with Crippen LogP contribution >= 0.6 is 0 Å². The van der Waals surface area contributed by atoms with Gasteiger partial charge < -0.3 is 11.1 Å². The highest BCUT2D eigenvalue weighted by atomic mass is 16.2. The Balaban J connectivity index is 1.50. The summed E-state index contributed by atoms with van der Waals surface area (Å²) in [6, 6.07) is 4.63. The number of fused-ring (bicyclic) bond motifs is 1. The summed E-state index contributed by atoms with van der Waals surface area (Å²) >= 11 is 0. The third-order valence-corrected chi connectivity index (χ3v) is 5.79. The van der Waals surface area contributed by atoms with Gasteiger partial charge in [0.2, 0.25) is 11.8 Å². The molecule has 4 N–H and O–H groups in total. The second-order valence-electron chi connectivity index (χ2n) is 7.39. The average Bonchev–Trinajstić information content (AvgIpc) is 2.86. The van der Waals surface area contributed by atoms with E-state index in [1.807, 2.05) is 6.07 Å². The van der Waals surface area contributed by atoms with Crippen molar-refractivity contribution in [2.24, 2.45) is 11.7 Å². The number of carbonyl (C=O) groups is 4. The maximum atomic E-state index is 12.8. The Hall–Kier alpha value is -2.58. The third-order valence-electron chi connectivity index (χ3n) is 5.79. The van der Waals surface area contributed by atoms with Crippen molar-refractivity contribution in [2.75, 3.05) is 6.54 Å². The van der Waals surface area contributed by atoms with E-state index in [0.717, 1.165) is 23.3 Å². The predicted molar refractivity (Wildman–Crippen MR) is 95.5 cm³/mol. The van der Waals surface area contributed by atoms with Gasteiger partial charge in [0.05, 0.1) is 11.1 Å². The monoisotopic (exact) mass is 370 g/mol. The maximum absolute atomic E-state index is 12.8. The molecule has 0 radical (unpaired) electrons. The van der Waals surface area contributed by atoms with Gasteiger partial charge in [0.15, 0.2) is 0 Å². The SMILES string of the molecule is NC[C@@H]1CC[C@H]1NCc1ccc2c(c1)C(=O)N(C1CCC(=O)NC1=O)C2=O. The van der Waals surface area contributed by atoms with Crippen LogP contribution in [0.2, 0.25) is 0 Å². The number of nitrogens with one attached hydrogen (secondary N) is 2. The van der Waals surface area contributed by atoms with Gasteiger partial charge in [-0.3, -0.25) is 29.4 Å². The predicted octanol–water partition coefficient (Wildman–Crippen LogP) is -0.0853. The Bertz CT molecular complexity index is 835. The number of imide groups is 2. The summed E-state index contributed by atoms with van der Waals surface area (Å²) in [5.74, 6) is -1.44. The molecule has 1 aliphatic carbocycles. The van der Waals surface area contributed by atoms with Crippen LogP contribution < -0.4 is 16.4 Å². The molecule has 1 aromatic rings. The fourth-order valence-electron chi connectivity index (χ4n) is 4.00. The normalized spacial score (nSPS) is 27.4. The van der Waals surface area contributed by atoms with Crippen molar-refractivity contribution >= 4 is 23.6 Å². The molecule has 1 aromatic carbocycles. The number of carbonyl (C=O) groups excluding carboxylic acids is 4. The molecule has 2 heterocycles. The first-order valence-corrected chi connectivity index (χ1v) is 9.27. The molecule has 3 aliphatic rings. The van der Waals surface area contributed by atoms with E-state index in [0.29, 0.717) is 36.2 Å². The molecule has 1 saturated heterocycles. The molecule has 2 fully saturated rings. The van der Waals surface area contributed by atoms with Crippen molar-refractivity contribution in [3.63, 3.8) is 0 Å². The standard InChI is InChI=1S/C19H22N4O4/c20-8-11-2-4-14(11)21-9-10-1-3-12-13(7-10)19(27)23(18(12)26)15-5-6-16(24)22-17(15)25/h1,3,7,11,14-15,21H,2,4-6,8-9,20H2,(H,22,24,25)/t11-,14+,15?/m0/s1. The van der Waals surface area contributed by atoms with Gasteiger partial charge in [0.25, 0.3) is 11.8 Å². The zero-order valence-electron chi connectivity index (χ0n) is 14.9.